The standard InChI is InChI=1S/C26H22N2O7/c1-3-35-19-12-8-16(9-13-19)24(29)22-23(20-6-4-5-7-21(20)28(32)33)27(26(31)25(22)30)17-10-14-18(34-2)15-11-17/h4-15,23,29H,3H2,1-2H3/b24-22-. The van der Waals surface area contributed by atoms with E-state index in [4.69, 9.17) is 9.47 Å². The molecule has 1 atom stereocenters. The average molecular weight is 474 g/mol. The van der Waals surface area contributed by atoms with E-state index in [9.17, 15) is 24.8 Å². The van der Waals surface area contributed by atoms with Gasteiger partial charge in [-0.25, -0.2) is 0 Å². The number of hydrogen-bond acceptors (Lipinski definition) is 7. The maximum Gasteiger partial charge on any atom is 0.300 e. The van der Waals surface area contributed by atoms with Gasteiger partial charge in [0.15, 0.2) is 0 Å². The number of carbonyl (C=O) groups is 2. The second kappa shape index (κ2) is 9.68. The van der Waals surface area contributed by atoms with Gasteiger partial charge >= 0.3 is 0 Å². The lowest BCUT2D eigenvalue weighted by molar-refractivity contribution is -0.385. The van der Waals surface area contributed by atoms with Gasteiger partial charge in [0, 0.05) is 17.3 Å². The fraction of sp³-hybridized carbons (Fsp3) is 0.154. The van der Waals surface area contributed by atoms with Crippen LogP contribution in [0.25, 0.3) is 5.76 Å². The monoisotopic (exact) mass is 474 g/mol. The predicted molar refractivity (Wildman–Crippen MR) is 128 cm³/mol. The maximum atomic E-state index is 13.2. The maximum absolute atomic E-state index is 13.2. The number of ketones is 1. The zero-order chi connectivity index (χ0) is 25.1. The number of hydrogen-bond donors (Lipinski definition) is 1. The second-order valence-corrected chi connectivity index (χ2v) is 7.64. The Balaban J connectivity index is 1.93. The molecule has 178 valence electrons. The molecule has 1 N–H and O–H groups in total. The Morgan fingerprint density at radius 1 is 1.00 bits per heavy atom. The summed E-state index contributed by atoms with van der Waals surface area (Å²) in [7, 11) is 1.49. The second-order valence-electron chi connectivity index (χ2n) is 7.64. The molecule has 0 spiro atoms. The summed E-state index contributed by atoms with van der Waals surface area (Å²) in [5, 5.41) is 23.0. The molecule has 1 heterocycles. The number of aliphatic hydroxyl groups excluding tert-OH is 1. The van der Waals surface area contributed by atoms with Crippen LogP contribution >= 0.6 is 0 Å². The minimum atomic E-state index is -1.23. The SMILES string of the molecule is CCOc1ccc(/C(O)=C2/C(=O)C(=O)N(c3ccc(OC)cc3)C2c2ccccc2[N+](=O)[O-])cc1. The third-order valence-electron chi connectivity index (χ3n) is 5.66. The number of nitro benzene ring substituents is 1. The molecule has 0 radical (unpaired) electrons. The van der Waals surface area contributed by atoms with E-state index in [1.165, 1.54) is 25.3 Å². The van der Waals surface area contributed by atoms with Crippen LogP contribution in [0.3, 0.4) is 0 Å². The molecule has 1 saturated heterocycles. The van der Waals surface area contributed by atoms with E-state index in [2.05, 4.69) is 0 Å². The number of benzene rings is 3. The van der Waals surface area contributed by atoms with Gasteiger partial charge in [-0.1, -0.05) is 12.1 Å². The number of carbonyl (C=O) groups excluding carboxylic acids is 2. The summed E-state index contributed by atoms with van der Waals surface area (Å²) in [5.41, 5.74) is 0.159. The van der Waals surface area contributed by atoms with Crippen molar-refractivity contribution < 1.29 is 29.1 Å². The summed E-state index contributed by atoms with van der Waals surface area (Å²) >= 11 is 0. The highest BCUT2D eigenvalue weighted by Gasteiger charge is 2.48. The van der Waals surface area contributed by atoms with Gasteiger partial charge in [0.2, 0.25) is 0 Å². The van der Waals surface area contributed by atoms with Crippen LogP contribution in [0.4, 0.5) is 11.4 Å². The van der Waals surface area contributed by atoms with Gasteiger partial charge in [-0.2, -0.15) is 0 Å². The Morgan fingerprint density at radius 3 is 2.23 bits per heavy atom. The van der Waals surface area contributed by atoms with Gasteiger partial charge < -0.3 is 14.6 Å². The zero-order valence-corrected chi connectivity index (χ0v) is 19.0. The van der Waals surface area contributed by atoms with Crippen molar-refractivity contribution in [2.45, 2.75) is 13.0 Å². The Morgan fingerprint density at radius 2 is 1.63 bits per heavy atom. The van der Waals surface area contributed by atoms with E-state index in [1.807, 2.05) is 6.92 Å². The van der Waals surface area contributed by atoms with Gasteiger partial charge in [-0.15, -0.1) is 0 Å². The number of aliphatic hydroxyl groups is 1. The van der Waals surface area contributed by atoms with Crippen LogP contribution in [-0.4, -0.2) is 35.4 Å². The highest BCUT2D eigenvalue weighted by Crippen LogP contribution is 2.45. The Kier molecular flexibility index (Phi) is 6.50. The molecular formula is C26H22N2O7. The lowest BCUT2D eigenvalue weighted by Crippen LogP contribution is -2.29. The summed E-state index contributed by atoms with van der Waals surface area (Å²) < 4.78 is 10.6. The normalized spacial score (nSPS) is 16.9. The fourth-order valence-corrected chi connectivity index (χ4v) is 4.05. The van der Waals surface area contributed by atoms with Crippen molar-refractivity contribution in [3.05, 3.63) is 99.6 Å². The number of para-hydroxylation sites is 1. The highest BCUT2D eigenvalue weighted by atomic mass is 16.6. The van der Waals surface area contributed by atoms with Crippen LogP contribution in [0, 0.1) is 10.1 Å². The number of ether oxygens (including phenoxy) is 2. The van der Waals surface area contributed by atoms with Crippen molar-refractivity contribution in [1.29, 1.82) is 0 Å². The van der Waals surface area contributed by atoms with Crippen LogP contribution in [0.5, 0.6) is 11.5 Å². The third kappa shape index (κ3) is 4.31. The number of methoxy groups -OCH3 is 1. The number of nitrogens with zero attached hydrogens (tertiary/aromatic N) is 2. The molecule has 4 rings (SSSR count). The van der Waals surface area contributed by atoms with Crippen molar-refractivity contribution in [2.75, 3.05) is 18.6 Å². The van der Waals surface area contributed by atoms with E-state index in [-0.39, 0.29) is 22.4 Å². The van der Waals surface area contributed by atoms with Crippen molar-refractivity contribution >= 4 is 28.8 Å². The molecule has 0 saturated carbocycles. The van der Waals surface area contributed by atoms with Crippen LogP contribution in [0.2, 0.25) is 0 Å². The Hall–Kier alpha value is -4.66. The zero-order valence-electron chi connectivity index (χ0n) is 19.0. The highest BCUT2D eigenvalue weighted by molar-refractivity contribution is 6.51. The van der Waals surface area contributed by atoms with Crippen LogP contribution in [0.15, 0.2) is 78.4 Å². The van der Waals surface area contributed by atoms with Gasteiger partial charge in [0.25, 0.3) is 17.4 Å². The molecule has 1 unspecified atom stereocenters. The number of nitro groups is 1. The smallest absolute Gasteiger partial charge is 0.300 e. The molecular weight excluding hydrogens is 452 g/mol. The first-order valence-corrected chi connectivity index (χ1v) is 10.8. The number of anilines is 1. The quantitative estimate of drug-likeness (QED) is 0.174. The third-order valence-corrected chi connectivity index (χ3v) is 5.66. The van der Waals surface area contributed by atoms with Crippen molar-refractivity contribution in [3.63, 3.8) is 0 Å². The lowest BCUT2D eigenvalue weighted by atomic mass is 9.94. The summed E-state index contributed by atoms with van der Waals surface area (Å²) in [6.45, 7) is 2.29. The largest absolute Gasteiger partial charge is 0.507 e. The number of rotatable bonds is 7. The molecule has 1 aliphatic rings. The Labute approximate surface area is 201 Å². The molecule has 3 aromatic carbocycles. The molecule has 0 aliphatic carbocycles. The van der Waals surface area contributed by atoms with Crippen molar-refractivity contribution in [3.8, 4) is 11.5 Å². The summed E-state index contributed by atoms with van der Waals surface area (Å²) in [5.74, 6) is -1.20. The summed E-state index contributed by atoms with van der Waals surface area (Å²) in [6.07, 6.45) is 0. The molecule has 0 bridgehead atoms. The molecule has 1 fully saturated rings. The van der Waals surface area contributed by atoms with Gasteiger partial charge in [0.05, 0.1) is 29.8 Å². The summed E-state index contributed by atoms with van der Waals surface area (Å²) in [6, 6.07) is 17.3. The van der Waals surface area contributed by atoms with Gasteiger partial charge in [-0.05, 0) is 61.5 Å². The average Bonchev–Trinajstić information content (AvgIpc) is 3.14. The lowest BCUT2D eigenvalue weighted by Gasteiger charge is -2.25. The van der Waals surface area contributed by atoms with E-state index >= 15 is 0 Å². The molecule has 0 aromatic heterocycles. The van der Waals surface area contributed by atoms with Crippen LogP contribution < -0.4 is 14.4 Å². The van der Waals surface area contributed by atoms with Crippen LogP contribution in [0.1, 0.15) is 24.1 Å². The minimum Gasteiger partial charge on any atom is -0.507 e. The first-order chi connectivity index (χ1) is 16.9. The van der Waals surface area contributed by atoms with Crippen molar-refractivity contribution in [2.24, 2.45) is 0 Å². The van der Waals surface area contributed by atoms with E-state index in [1.54, 1.807) is 54.6 Å². The predicted octanol–water partition coefficient (Wildman–Crippen LogP) is 4.63. The topological polar surface area (TPSA) is 119 Å². The van der Waals surface area contributed by atoms with E-state index < -0.39 is 28.4 Å². The molecule has 35 heavy (non-hydrogen) atoms. The minimum absolute atomic E-state index is 0.0972. The van der Waals surface area contributed by atoms with Gasteiger partial charge in [0.1, 0.15) is 23.3 Å². The van der Waals surface area contributed by atoms with Crippen LogP contribution in [-0.2, 0) is 9.59 Å². The van der Waals surface area contributed by atoms with Gasteiger partial charge in [-0.3, -0.25) is 24.6 Å². The first-order valence-electron chi connectivity index (χ1n) is 10.8. The van der Waals surface area contributed by atoms with Crippen molar-refractivity contribution in [1.82, 2.24) is 0 Å². The fourth-order valence-electron chi connectivity index (χ4n) is 4.05. The molecule has 3 aromatic rings. The van der Waals surface area contributed by atoms with E-state index in [0.717, 1.165) is 4.90 Å². The summed E-state index contributed by atoms with van der Waals surface area (Å²) in [4.78, 5) is 38.8. The molecule has 1 amide bonds. The van der Waals surface area contributed by atoms with E-state index in [0.29, 0.717) is 23.8 Å². The first kappa shape index (κ1) is 23.5. The molecule has 9 heteroatoms. The molecule has 9 nitrogen and oxygen atoms in total. The number of Topliss-reactive ketones (excluding diaryl/α,β-unsaturated/α-hetero) is 1. The number of amides is 1. The Bertz CT molecular complexity index is 1310. The molecule has 1 aliphatic heterocycles.